The Balaban J connectivity index is 1.32. The van der Waals surface area contributed by atoms with Crippen LogP contribution in [0.5, 0.6) is 5.75 Å². The van der Waals surface area contributed by atoms with E-state index in [0.717, 1.165) is 6.07 Å². The van der Waals surface area contributed by atoms with Crippen LogP contribution >= 0.6 is 0 Å². The van der Waals surface area contributed by atoms with Gasteiger partial charge >= 0.3 is 6.03 Å². The first-order valence-electron chi connectivity index (χ1n) is 11.4. The van der Waals surface area contributed by atoms with Crippen LogP contribution in [0.25, 0.3) is 11.1 Å². The zero-order valence-electron chi connectivity index (χ0n) is 19.1. The number of hydrogen-bond donors (Lipinski definition) is 2. The van der Waals surface area contributed by atoms with Crippen molar-refractivity contribution >= 4 is 23.3 Å². The van der Waals surface area contributed by atoms with Crippen LogP contribution in [0.1, 0.15) is 0 Å². The number of nitrogens with one attached hydrogen (secondary N) is 2. The van der Waals surface area contributed by atoms with Gasteiger partial charge in [-0.3, -0.25) is 9.69 Å². The van der Waals surface area contributed by atoms with E-state index in [1.54, 1.807) is 23.1 Å². The van der Waals surface area contributed by atoms with Crippen LogP contribution in [-0.2, 0) is 4.79 Å². The second kappa shape index (κ2) is 9.90. The Morgan fingerprint density at radius 3 is 2.53 bits per heavy atom. The van der Waals surface area contributed by atoms with Crippen LogP contribution in [0.4, 0.5) is 29.3 Å². The third kappa shape index (κ3) is 5.13. The lowest BCUT2D eigenvalue weighted by molar-refractivity contribution is -0.118. The van der Waals surface area contributed by atoms with E-state index in [9.17, 15) is 22.8 Å². The molecule has 1 fully saturated rings. The van der Waals surface area contributed by atoms with Gasteiger partial charge in [0, 0.05) is 37.0 Å². The van der Waals surface area contributed by atoms with E-state index < -0.39 is 17.5 Å². The largest absolute Gasteiger partial charge is 0.490 e. The molecule has 10 heteroatoms. The Hall–Kier alpha value is -4.05. The van der Waals surface area contributed by atoms with Crippen molar-refractivity contribution < 1.29 is 27.5 Å². The summed E-state index contributed by atoms with van der Waals surface area (Å²) in [5.74, 6) is -1.64. The smallest absolute Gasteiger partial charge is 0.321 e. The van der Waals surface area contributed by atoms with E-state index in [4.69, 9.17) is 4.74 Å². The fourth-order valence-corrected chi connectivity index (χ4v) is 4.38. The highest BCUT2D eigenvalue weighted by atomic mass is 19.1. The van der Waals surface area contributed by atoms with Crippen molar-refractivity contribution in [3.63, 3.8) is 0 Å². The van der Waals surface area contributed by atoms with Gasteiger partial charge in [0.25, 0.3) is 0 Å². The van der Waals surface area contributed by atoms with E-state index in [2.05, 4.69) is 10.6 Å². The standard InChI is InChI=1S/C26H23F3N4O3/c27-17-2-5-19(6-3-17)30-26(35)33-10-9-32-14-25(34)31-23-11-16(21-7-4-18(28)12-22(21)29)1-8-24(23)36-15-20(32)13-33/h1-8,11-12,20H,9-10,13-15H2,(H,30,35)(H,31,34)/t20-/m1/s1. The molecule has 0 saturated carbocycles. The summed E-state index contributed by atoms with van der Waals surface area (Å²) in [5.41, 5.74) is 1.53. The number of benzene rings is 3. The molecular weight excluding hydrogens is 473 g/mol. The number of amides is 3. The lowest BCUT2D eigenvalue weighted by atomic mass is 10.0. The summed E-state index contributed by atoms with van der Waals surface area (Å²) in [6.45, 7) is 1.50. The summed E-state index contributed by atoms with van der Waals surface area (Å²) in [4.78, 5) is 29.1. The minimum absolute atomic E-state index is 0.0933. The van der Waals surface area contributed by atoms with Gasteiger partial charge in [0.2, 0.25) is 5.91 Å². The molecule has 0 aliphatic carbocycles. The lowest BCUT2D eigenvalue weighted by Crippen LogP contribution is -2.58. The van der Waals surface area contributed by atoms with Crippen LogP contribution in [-0.4, -0.2) is 60.6 Å². The first-order chi connectivity index (χ1) is 17.4. The first kappa shape index (κ1) is 23.7. The van der Waals surface area contributed by atoms with Gasteiger partial charge < -0.3 is 20.3 Å². The fourth-order valence-electron chi connectivity index (χ4n) is 4.38. The highest BCUT2D eigenvalue weighted by Crippen LogP contribution is 2.33. The zero-order valence-corrected chi connectivity index (χ0v) is 19.1. The Labute approximate surface area is 205 Å². The topological polar surface area (TPSA) is 73.9 Å². The summed E-state index contributed by atoms with van der Waals surface area (Å²) in [7, 11) is 0. The first-order valence-corrected chi connectivity index (χ1v) is 11.4. The Bertz CT molecular complexity index is 1300. The number of carbonyl (C=O) groups excluding carboxylic acids is 2. The lowest BCUT2D eigenvalue weighted by Gasteiger charge is -2.40. The normalized spacial score (nSPS) is 18.0. The van der Waals surface area contributed by atoms with Crippen molar-refractivity contribution in [3.8, 4) is 16.9 Å². The van der Waals surface area contributed by atoms with E-state index in [0.29, 0.717) is 42.3 Å². The molecule has 3 amide bonds. The van der Waals surface area contributed by atoms with Crippen molar-refractivity contribution in [1.29, 1.82) is 0 Å². The number of halogens is 3. The fraction of sp³-hybridized carbons (Fsp3) is 0.231. The number of piperazine rings is 1. The van der Waals surface area contributed by atoms with Gasteiger partial charge in [-0.25, -0.2) is 18.0 Å². The van der Waals surface area contributed by atoms with Crippen molar-refractivity contribution in [3.05, 3.63) is 78.1 Å². The molecular formula is C26H23F3N4O3. The number of fused-ring (bicyclic) bond motifs is 2. The van der Waals surface area contributed by atoms with Crippen molar-refractivity contribution in [1.82, 2.24) is 9.80 Å². The van der Waals surface area contributed by atoms with Gasteiger partial charge in [-0.15, -0.1) is 0 Å². The zero-order chi connectivity index (χ0) is 25.2. The Morgan fingerprint density at radius 2 is 1.75 bits per heavy atom. The number of hydrogen-bond acceptors (Lipinski definition) is 4. The molecule has 36 heavy (non-hydrogen) atoms. The minimum atomic E-state index is -0.707. The second-order valence-electron chi connectivity index (χ2n) is 8.70. The quantitative estimate of drug-likeness (QED) is 0.554. The highest BCUT2D eigenvalue weighted by molar-refractivity contribution is 5.95. The molecule has 7 nitrogen and oxygen atoms in total. The van der Waals surface area contributed by atoms with Gasteiger partial charge in [0.15, 0.2) is 0 Å². The average molecular weight is 496 g/mol. The summed E-state index contributed by atoms with van der Waals surface area (Å²) >= 11 is 0. The maximum absolute atomic E-state index is 14.3. The van der Waals surface area contributed by atoms with Crippen LogP contribution in [0, 0.1) is 17.5 Å². The van der Waals surface area contributed by atoms with Gasteiger partial charge in [0.05, 0.1) is 18.3 Å². The SMILES string of the molecule is O=C1CN2CCN(C(=O)Nc3ccc(F)cc3)C[C@@H]2COc2ccc(-c3ccc(F)cc3F)cc2N1. The van der Waals surface area contributed by atoms with Crippen molar-refractivity contribution in [2.45, 2.75) is 6.04 Å². The molecule has 2 heterocycles. The van der Waals surface area contributed by atoms with Crippen molar-refractivity contribution in [2.24, 2.45) is 0 Å². The van der Waals surface area contributed by atoms with Gasteiger partial charge in [-0.05, 0) is 54.1 Å². The molecule has 2 aliphatic rings. The predicted octanol–water partition coefficient (Wildman–Crippen LogP) is 4.32. The summed E-state index contributed by atoms with van der Waals surface area (Å²) in [5, 5.41) is 5.58. The van der Waals surface area contributed by atoms with Gasteiger partial charge in [0.1, 0.15) is 29.8 Å². The third-order valence-electron chi connectivity index (χ3n) is 6.26. The molecule has 0 aromatic heterocycles. The van der Waals surface area contributed by atoms with E-state index in [1.165, 1.54) is 36.4 Å². The summed E-state index contributed by atoms with van der Waals surface area (Å²) < 4.78 is 46.8. The molecule has 1 atom stereocenters. The second-order valence-corrected chi connectivity index (χ2v) is 8.70. The predicted molar refractivity (Wildman–Crippen MR) is 128 cm³/mol. The van der Waals surface area contributed by atoms with E-state index >= 15 is 0 Å². The third-order valence-corrected chi connectivity index (χ3v) is 6.26. The Morgan fingerprint density at radius 1 is 0.972 bits per heavy atom. The Kier molecular flexibility index (Phi) is 6.51. The summed E-state index contributed by atoms with van der Waals surface area (Å²) in [6.07, 6.45) is 0. The molecule has 0 unspecified atom stereocenters. The molecule has 1 saturated heterocycles. The number of ether oxygens (including phenoxy) is 1. The van der Waals surface area contributed by atoms with Crippen LogP contribution in [0.2, 0.25) is 0 Å². The van der Waals surface area contributed by atoms with Crippen LogP contribution in [0.15, 0.2) is 60.7 Å². The maximum atomic E-state index is 14.3. The highest BCUT2D eigenvalue weighted by Gasteiger charge is 2.32. The monoisotopic (exact) mass is 496 g/mol. The molecule has 3 aromatic carbocycles. The number of rotatable bonds is 2. The number of carbonyl (C=O) groups is 2. The average Bonchev–Trinajstić information content (AvgIpc) is 2.91. The number of urea groups is 1. The van der Waals surface area contributed by atoms with Gasteiger partial charge in [-0.1, -0.05) is 6.07 Å². The van der Waals surface area contributed by atoms with E-state index in [-0.39, 0.29) is 36.7 Å². The minimum Gasteiger partial charge on any atom is -0.490 e. The molecule has 2 aliphatic heterocycles. The van der Waals surface area contributed by atoms with Gasteiger partial charge in [-0.2, -0.15) is 0 Å². The van der Waals surface area contributed by atoms with E-state index in [1.807, 2.05) is 4.90 Å². The summed E-state index contributed by atoms with van der Waals surface area (Å²) in [6, 6.07) is 13.1. The molecule has 2 N–H and O–H groups in total. The van der Waals surface area contributed by atoms with Crippen molar-refractivity contribution in [2.75, 3.05) is 43.4 Å². The molecule has 0 spiro atoms. The number of anilines is 2. The maximum Gasteiger partial charge on any atom is 0.321 e. The molecule has 186 valence electrons. The van der Waals surface area contributed by atoms with Crippen LogP contribution < -0.4 is 15.4 Å². The molecule has 0 radical (unpaired) electrons. The van der Waals surface area contributed by atoms with Crippen LogP contribution in [0.3, 0.4) is 0 Å². The number of nitrogens with zero attached hydrogens (tertiary/aromatic N) is 2. The molecule has 0 bridgehead atoms. The molecule has 3 aromatic rings. The molecule has 5 rings (SSSR count).